The molecule has 38 heavy (non-hydrogen) atoms. The van der Waals surface area contributed by atoms with Gasteiger partial charge in [-0.1, -0.05) is 6.07 Å². The van der Waals surface area contributed by atoms with Gasteiger partial charge in [0.15, 0.2) is 11.6 Å². The summed E-state index contributed by atoms with van der Waals surface area (Å²) in [4.78, 5) is 1.49. The van der Waals surface area contributed by atoms with Crippen molar-refractivity contribution < 1.29 is 36.5 Å². The Bertz CT molecular complexity index is 1170. The van der Waals surface area contributed by atoms with Gasteiger partial charge in [0.2, 0.25) is 0 Å². The van der Waals surface area contributed by atoms with E-state index in [1.807, 2.05) is 0 Å². The molecular weight excluding hydrogens is 507 g/mol. The van der Waals surface area contributed by atoms with E-state index < -0.39 is 49.5 Å². The average Bonchev–Trinajstić information content (AvgIpc) is 3.24. The molecule has 208 valence electrons. The van der Waals surface area contributed by atoms with E-state index in [1.165, 1.54) is 36.3 Å². The van der Waals surface area contributed by atoms with Crippen molar-refractivity contribution in [3.8, 4) is 11.5 Å². The molecule has 2 aliphatic rings. The quantitative estimate of drug-likeness (QED) is 0.291. The SMILES string of the molecule is COc1ccc(OCCNCCCF)c(F)c1[C@@H]1C2=C(C[C@@H](C)N1CC(F)(F)CO)c1cc(F)ccc1C2. The second kappa shape index (κ2) is 12.0. The van der Waals surface area contributed by atoms with Crippen LogP contribution in [0.3, 0.4) is 0 Å². The highest BCUT2D eigenvalue weighted by Crippen LogP contribution is 2.52. The van der Waals surface area contributed by atoms with E-state index in [1.54, 1.807) is 13.0 Å². The Morgan fingerprint density at radius 3 is 2.61 bits per heavy atom. The van der Waals surface area contributed by atoms with Gasteiger partial charge in [0.05, 0.1) is 31.9 Å². The summed E-state index contributed by atoms with van der Waals surface area (Å²) in [5.74, 6) is -4.47. The highest BCUT2D eigenvalue weighted by atomic mass is 19.3. The Balaban J connectivity index is 1.77. The van der Waals surface area contributed by atoms with Crippen molar-refractivity contribution in [3.63, 3.8) is 0 Å². The largest absolute Gasteiger partial charge is 0.496 e. The fourth-order valence-corrected chi connectivity index (χ4v) is 5.39. The smallest absolute Gasteiger partial charge is 0.283 e. The topological polar surface area (TPSA) is 54.0 Å². The predicted molar refractivity (Wildman–Crippen MR) is 134 cm³/mol. The van der Waals surface area contributed by atoms with E-state index >= 15 is 4.39 Å². The molecule has 0 radical (unpaired) electrons. The molecule has 4 rings (SSSR count). The molecule has 0 saturated heterocycles. The Morgan fingerprint density at radius 1 is 1.13 bits per heavy atom. The first kappa shape index (κ1) is 28.3. The summed E-state index contributed by atoms with van der Waals surface area (Å²) in [6.45, 7) is 0.108. The molecule has 1 heterocycles. The maximum atomic E-state index is 16.2. The Hall–Kier alpha value is -2.69. The zero-order chi connectivity index (χ0) is 27.4. The van der Waals surface area contributed by atoms with Crippen LogP contribution in [0.5, 0.6) is 11.5 Å². The van der Waals surface area contributed by atoms with Gasteiger partial charge in [0.25, 0.3) is 5.92 Å². The van der Waals surface area contributed by atoms with Crippen molar-refractivity contribution in [1.82, 2.24) is 10.2 Å². The number of ether oxygens (including phenoxy) is 2. The lowest BCUT2D eigenvalue weighted by molar-refractivity contribution is -0.0861. The molecule has 5 nitrogen and oxygen atoms in total. The van der Waals surface area contributed by atoms with Gasteiger partial charge in [-0.3, -0.25) is 9.29 Å². The van der Waals surface area contributed by atoms with Crippen molar-refractivity contribution in [2.75, 3.05) is 46.6 Å². The molecule has 1 aliphatic carbocycles. The standard InChI is InChI=1S/C28H33F5N2O3/c1-17-12-21-20-14-19(30)5-4-18(20)13-22(21)27(35(17)15-28(32,33)16-36)25-23(37-2)6-7-24(26(25)31)38-11-10-34-9-3-8-29/h4-7,14,17,27,34,36H,3,8-13,15-16H2,1-2H3/t17-,27+/m1/s1. The summed E-state index contributed by atoms with van der Waals surface area (Å²) in [5.41, 5.74) is 3.11. The fourth-order valence-electron chi connectivity index (χ4n) is 5.39. The lowest BCUT2D eigenvalue weighted by Crippen LogP contribution is -2.48. The summed E-state index contributed by atoms with van der Waals surface area (Å²) in [6.07, 6.45) is 1.07. The molecule has 2 atom stereocenters. The van der Waals surface area contributed by atoms with E-state index in [0.717, 1.165) is 11.1 Å². The fraction of sp³-hybridized carbons (Fsp3) is 0.500. The van der Waals surface area contributed by atoms with Gasteiger partial charge in [-0.15, -0.1) is 0 Å². The van der Waals surface area contributed by atoms with Crippen LogP contribution in [0.4, 0.5) is 22.0 Å². The Labute approximate surface area is 219 Å². The molecule has 10 heteroatoms. The number of aliphatic hydroxyl groups is 1. The number of aliphatic hydroxyl groups excluding tert-OH is 1. The van der Waals surface area contributed by atoms with Gasteiger partial charge in [0.1, 0.15) is 24.8 Å². The molecule has 0 saturated carbocycles. The number of hydrogen-bond donors (Lipinski definition) is 2. The molecule has 2 aromatic carbocycles. The molecule has 2 aromatic rings. The molecule has 1 aliphatic heterocycles. The number of nitrogens with zero attached hydrogens (tertiary/aromatic N) is 1. The zero-order valence-corrected chi connectivity index (χ0v) is 21.5. The van der Waals surface area contributed by atoms with Crippen LogP contribution in [0.15, 0.2) is 35.9 Å². The number of alkyl halides is 3. The third-order valence-corrected chi connectivity index (χ3v) is 7.16. The average molecular weight is 541 g/mol. The minimum Gasteiger partial charge on any atom is -0.496 e. The lowest BCUT2D eigenvalue weighted by Gasteiger charge is -2.43. The number of benzene rings is 2. The molecule has 2 N–H and O–H groups in total. The Kier molecular flexibility index (Phi) is 8.95. The van der Waals surface area contributed by atoms with Crippen LogP contribution in [-0.4, -0.2) is 68.6 Å². The second-order valence-electron chi connectivity index (χ2n) is 9.76. The molecule has 0 amide bonds. The van der Waals surface area contributed by atoms with E-state index in [0.29, 0.717) is 43.5 Å². The van der Waals surface area contributed by atoms with Crippen molar-refractivity contribution >= 4 is 5.57 Å². The third-order valence-electron chi connectivity index (χ3n) is 7.16. The molecule has 0 bridgehead atoms. The first-order valence-electron chi connectivity index (χ1n) is 12.7. The Morgan fingerprint density at radius 2 is 1.89 bits per heavy atom. The van der Waals surface area contributed by atoms with Crippen molar-refractivity contribution in [2.45, 2.75) is 44.2 Å². The number of nitrogens with one attached hydrogen (secondary N) is 1. The molecule has 0 unspecified atom stereocenters. The minimum atomic E-state index is -3.43. The van der Waals surface area contributed by atoms with Crippen LogP contribution < -0.4 is 14.8 Å². The van der Waals surface area contributed by atoms with Crippen molar-refractivity contribution in [3.05, 3.63) is 64.2 Å². The summed E-state index contributed by atoms with van der Waals surface area (Å²) in [5, 5.41) is 12.3. The van der Waals surface area contributed by atoms with Crippen molar-refractivity contribution in [2.24, 2.45) is 0 Å². The van der Waals surface area contributed by atoms with Gasteiger partial charge >= 0.3 is 0 Å². The van der Waals surface area contributed by atoms with E-state index in [2.05, 4.69) is 5.32 Å². The van der Waals surface area contributed by atoms with Gasteiger partial charge in [-0.25, -0.2) is 17.6 Å². The molecule has 0 aromatic heterocycles. The highest BCUT2D eigenvalue weighted by Gasteiger charge is 2.45. The maximum Gasteiger partial charge on any atom is 0.283 e. The molecule has 0 spiro atoms. The third kappa shape index (κ3) is 5.82. The van der Waals surface area contributed by atoms with Gasteiger partial charge in [0, 0.05) is 12.6 Å². The normalized spacial score (nSPS) is 19.5. The van der Waals surface area contributed by atoms with Crippen LogP contribution in [0.1, 0.15) is 42.5 Å². The van der Waals surface area contributed by atoms with Gasteiger partial charge in [-0.05, 0) is 79.3 Å². The number of hydrogen-bond acceptors (Lipinski definition) is 5. The number of rotatable bonds is 12. The number of halogens is 5. The van der Waals surface area contributed by atoms with Crippen LogP contribution in [0, 0.1) is 11.6 Å². The molecule has 0 fully saturated rings. The van der Waals surface area contributed by atoms with Crippen molar-refractivity contribution in [1.29, 1.82) is 0 Å². The lowest BCUT2D eigenvalue weighted by atomic mass is 9.84. The van der Waals surface area contributed by atoms with E-state index in [4.69, 9.17) is 9.47 Å². The zero-order valence-electron chi connectivity index (χ0n) is 21.5. The van der Waals surface area contributed by atoms with Gasteiger partial charge < -0.3 is 19.9 Å². The van der Waals surface area contributed by atoms with Crippen LogP contribution in [0.25, 0.3) is 5.57 Å². The predicted octanol–water partition coefficient (Wildman–Crippen LogP) is 5.07. The summed E-state index contributed by atoms with van der Waals surface area (Å²) in [6, 6.07) is 5.98. The highest BCUT2D eigenvalue weighted by molar-refractivity contribution is 5.79. The first-order valence-corrected chi connectivity index (χ1v) is 12.7. The van der Waals surface area contributed by atoms with Crippen LogP contribution in [0.2, 0.25) is 0 Å². The number of methoxy groups -OCH3 is 1. The minimum absolute atomic E-state index is 0.0523. The van der Waals surface area contributed by atoms with E-state index in [-0.39, 0.29) is 23.7 Å². The molecular formula is C28H33F5N2O3. The van der Waals surface area contributed by atoms with Crippen LogP contribution >= 0.6 is 0 Å². The van der Waals surface area contributed by atoms with E-state index in [9.17, 15) is 22.7 Å². The van der Waals surface area contributed by atoms with Gasteiger partial charge in [-0.2, -0.15) is 0 Å². The number of fused-ring (bicyclic) bond motifs is 2. The summed E-state index contributed by atoms with van der Waals surface area (Å²) < 4.78 is 82.9. The second-order valence-corrected chi connectivity index (χ2v) is 9.76. The maximum absolute atomic E-state index is 16.2. The first-order chi connectivity index (χ1) is 18.2. The van der Waals surface area contributed by atoms with Crippen LogP contribution in [-0.2, 0) is 6.42 Å². The summed E-state index contributed by atoms with van der Waals surface area (Å²) in [7, 11) is 1.38. The summed E-state index contributed by atoms with van der Waals surface area (Å²) >= 11 is 0. The monoisotopic (exact) mass is 540 g/mol.